The highest BCUT2D eigenvalue weighted by Gasteiger charge is 2.32. The molecule has 206 valence electrons. The van der Waals surface area contributed by atoms with Crippen molar-refractivity contribution in [2.75, 3.05) is 36.6 Å². The second kappa shape index (κ2) is 11.9. The van der Waals surface area contributed by atoms with E-state index in [2.05, 4.69) is 30.9 Å². The summed E-state index contributed by atoms with van der Waals surface area (Å²) in [6, 6.07) is 13.9. The van der Waals surface area contributed by atoms with Gasteiger partial charge in [-0.15, -0.1) is 0 Å². The van der Waals surface area contributed by atoms with Crippen LogP contribution in [0.15, 0.2) is 73.2 Å². The van der Waals surface area contributed by atoms with Gasteiger partial charge in [0.25, 0.3) is 0 Å². The number of halogens is 3. The number of hydrogen-bond acceptors (Lipinski definition) is 6. The summed E-state index contributed by atoms with van der Waals surface area (Å²) in [4.78, 5) is 38.4. The van der Waals surface area contributed by atoms with Crippen LogP contribution in [0.5, 0.6) is 0 Å². The molecular weight excluding hydrogens is 523 g/mol. The molecule has 0 radical (unpaired) electrons. The molecule has 40 heavy (non-hydrogen) atoms. The monoisotopic (exact) mass is 549 g/mol. The van der Waals surface area contributed by atoms with E-state index in [1.165, 1.54) is 0 Å². The Kier molecular flexibility index (Phi) is 8.39. The minimum atomic E-state index is -4.56. The van der Waals surface area contributed by atoms with Gasteiger partial charge in [0, 0.05) is 23.6 Å². The molecule has 0 saturated heterocycles. The standard InChI is InChI=1S/C28H26F3N7O2/c1-17-4-5-20(35-27(40)36-21-6-7-24(34-15-21)28(29,30)31)14-22(17)18-8-10-32-23(12-18)19-9-11-33-25(13-19)37-26(39)16-38(2)3/h4-15H,16H2,1-3H3,(H,33,37,39)(H2,35,36,40). The molecule has 0 atom stereocenters. The van der Waals surface area contributed by atoms with Gasteiger partial charge in [-0.05, 0) is 86.2 Å². The number of nitrogens with one attached hydrogen (secondary N) is 3. The average molecular weight is 550 g/mol. The van der Waals surface area contributed by atoms with Crippen LogP contribution in [-0.2, 0) is 11.0 Å². The van der Waals surface area contributed by atoms with Crippen LogP contribution < -0.4 is 16.0 Å². The van der Waals surface area contributed by atoms with Crippen LogP contribution in [0.25, 0.3) is 22.4 Å². The lowest BCUT2D eigenvalue weighted by atomic mass is 9.99. The van der Waals surface area contributed by atoms with Crippen molar-refractivity contribution in [3.05, 3.63) is 84.4 Å². The Labute approximate surface area is 228 Å². The lowest BCUT2D eigenvalue weighted by Gasteiger charge is -2.13. The average Bonchev–Trinajstić information content (AvgIpc) is 2.89. The van der Waals surface area contributed by atoms with Gasteiger partial charge in [0.1, 0.15) is 11.5 Å². The van der Waals surface area contributed by atoms with Gasteiger partial charge in [-0.3, -0.25) is 9.78 Å². The molecule has 0 bridgehead atoms. The number of alkyl halides is 3. The fraction of sp³-hybridized carbons (Fsp3) is 0.179. The number of rotatable bonds is 7. The molecule has 0 fully saturated rings. The molecule has 3 heterocycles. The molecule has 0 aliphatic carbocycles. The van der Waals surface area contributed by atoms with E-state index in [4.69, 9.17) is 0 Å². The van der Waals surface area contributed by atoms with E-state index in [1.807, 2.05) is 25.1 Å². The molecule has 0 aliphatic rings. The molecule has 0 unspecified atom stereocenters. The van der Waals surface area contributed by atoms with E-state index in [0.29, 0.717) is 17.2 Å². The van der Waals surface area contributed by atoms with Gasteiger partial charge in [-0.25, -0.2) is 14.8 Å². The summed E-state index contributed by atoms with van der Waals surface area (Å²) in [6.45, 7) is 2.15. The Hall–Kier alpha value is -4.84. The molecule has 4 aromatic rings. The van der Waals surface area contributed by atoms with Crippen molar-refractivity contribution in [3.63, 3.8) is 0 Å². The third-order valence-electron chi connectivity index (χ3n) is 5.66. The van der Waals surface area contributed by atoms with Crippen LogP contribution in [0.4, 0.5) is 35.2 Å². The number of hydrogen-bond donors (Lipinski definition) is 3. The van der Waals surface area contributed by atoms with Crippen LogP contribution in [0.1, 0.15) is 11.3 Å². The van der Waals surface area contributed by atoms with Crippen molar-refractivity contribution >= 4 is 29.1 Å². The molecule has 0 spiro atoms. The third-order valence-corrected chi connectivity index (χ3v) is 5.66. The highest BCUT2D eigenvalue weighted by molar-refractivity contribution is 6.00. The quantitative estimate of drug-likeness (QED) is 0.274. The maximum Gasteiger partial charge on any atom is 0.433 e. The summed E-state index contributed by atoms with van der Waals surface area (Å²) < 4.78 is 38.2. The number of carbonyl (C=O) groups excluding carboxylic acids is 2. The van der Waals surface area contributed by atoms with E-state index in [0.717, 1.165) is 40.6 Å². The van der Waals surface area contributed by atoms with Crippen molar-refractivity contribution in [3.8, 4) is 22.4 Å². The van der Waals surface area contributed by atoms with Crippen molar-refractivity contribution in [1.29, 1.82) is 0 Å². The number of aromatic nitrogens is 3. The van der Waals surface area contributed by atoms with Crippen LogP contribution in [0.3, 0.4) is 0 Å². The molecule has 3 N–H and O–H groups in total. The number of benzene rings is 1. The molecule has 0 aliphatic heterocycles. The van der Waals surface area contributed by atoms with Crippen LogP contribution in [0, 0.1) is 6.92 Å². The Morgan fingerprint density at radius 1 is 0.825 bits per heavy atom. The smallest absolute Gasteiger partial charge is 0.310 e. The van der Waals surface area contributed by atoms with Crippen molar-refractivity contribution in [1.82, 2.24) is 19.9 Å². The number of nitrogens with zero attached hydrogens (tertiary/aromatic N) is 4. The minimum Gasteiger partial charge on any atom is -0.310 e. The maximum atomic E-state index is 12.7. The maximum absolute atomic E-state index is 12.7. The predicted octanol–water partition coefficient (Wildman–Crippen LogP) is 5.68. The van der Waals surface area contributed by atoms with E-state index >= 15 is 0 Å². The van der Waals surface area contributed by atoms with Gasteiger partial charge in [0.05, 0.1) is 24.1 Å². The molecule has 12 heteroatoms. The first-order valence-corrected chi connectivity index (χ1v) is 12.1. The Morgan fingerprint density at radius 2 is 1.52 bits per heavy atom. The first kappa shape index (κ1) is 28.2. The Bertz CT molecular complexity index is 1520. The minimum absolute atomic E-state index is 0.117. The molecule has 3 aromatic heterocycles. The number of carbonyl (C=O) groups is 2. The van der Waals surface area contributed by atoms with E-state index in [9.17, 15) is 22.8 Å². The second-order valence-corrected chi connectivity index (χ2v) is 9.18. The lowest BCUT2D eigenvalue weighted by molar-refractivity contribution is -0.141. The van der Waals surface area contributed by atoms with Crippen LogP contribution >= 0.6 is 0 Å². The van der Waals surface area contributed by atoms with Gasteiger partial charge in [0.2, 0.25) is 5.91 Å². The lowest BCUT2D eigenvalue weighted by Crippen LogP contribution is -2.27. The summed E-state index contributed by atoms with van der Waals surface area (Å²) in [5.41, 5.74) is 3.59. The normalized spacial score (nSPS) is 11.3. The summed E-state index contributed by atoms with van der Waals surface area (Å²) in [5, 5.41) is 7.94. The van der Waals surface area contributed by atoms with Crippen LogP contribution in [0.2, 0.25) is 0 Å². The topological polar surface area (TPSA) is 112 Å². The van der Waals surface area contributed by atoms with E-state index in [1.54, 1.807) is 55.7 Å². The molecule has 4 rings (SSSR count). The second-order valence-electron chi connectivity index (χ2n) is 9.18. The summed E-state index contributed by atoms with van der Waals surface area (Å²) in [5.74, 6) is 0.225. The van der Waals surface area contributed by atoms with Gasteiger partial charge in [-0.1, -0.05) is 6.07 Å². The first-order chi connectivity index (χ1) is 19.0. The SMILES string of the molecule is Cc1ccc(NC(=O)Nc2ccc(C(F)(F)F)nc2)cc1-c1ccnc(-c2ccnc(NC(=O)CN(C)C)c2)c1. The highest BCUT2D eigenvalue weighted by Crippen LogP contribution is 2.30. The fourth-order valence-electron chi connectivity index (χ4n) is 3.82. The van der Waals surface area contributed by atoms with Crippen molar-refractivity contribution < 1.29 is 22.8 Å². The predicted molar refractivity (Wildman–Crippen MR) is 147 cm³/mol. The number of anilines is 3. The largest absolute Gasteiger partial charge is 0.433 e. The number of urea groups is 1. The highest BCUT2D eigenvalue weighted by atomic mass is 19.4. The Balaban J connectivity index is 1.50. The van der Waals surface area contributed by atoms with Crippen LogP contribution in [-0.4, -0.2) is 52.4 Å². The van der Waals surface area contributed by atoms with Gasteiger partial charge < -0.3 is 20.9 Å². The number of aryl methyl sites for hydroxylation is 1. The van der Waals surface area contributed by atoms with Gasteiger partial charge >= 0.3 is 12.2 Å². The molecule has 3 amide bonds. The van der Waals surface area contributed by atoms with Gasteiger partial charge in [-0.2, -0.15) is 13.2 Å². The summed E-state index contributed by atoms with van der Waals surface area (Å²) in [6.07, 6.45) is -0.359. The molecular formula is C28H26F3N7O2. The van der Waals surface area contributed by atoms with Crippen molar-refractivity contribution in [2.24, 2.45) is 0 Å². The Morgan fingerprint density at radius 3 is 2.23 bits per heavy atom. The zero-order valence-electron chi connectivity index (χ0n) is 21.9. The molecule has 1 aromatic carbocycles. The van der Waals surface area contributed by atoms with E-state index < -0.39 is 17.9 Å². The summed E-state index contributed by atoms with van der Waals surface area (Å²) >= 11 is 0. The zero-order valence-corrected chi connectivity index (χ0v) is 21.9. The molecule has 0 saturated carbocycles. The number of pyridine rings is 3. The zero-order chi connectivity index (χ0) is 28.9. The number of amides is 3. The van der Waals surface area contributed by atoms with E-state index in [-0.39, 0.29) is 18.1 Å². The third kappa shape index (κ3) is 7.38. The van der Waals surface area contributed by atoms with Crippen molar-refractivity contribution in [2.45, 2.75) is 13.1 Å². The van der Waals surface area contributed by atoms with Gasteiger partial charge in [0.15, 0.2) is 0 Å². The first-order valence-electron chi connectivity index (χ1n) is 12.1. The molecule has 9 nitrogen and oxygen atoms in total. The summed E-state index contributed by atoms with van der Waals surface area (Å²) in [7, 11) is 3.60. The number of likely N-dealkylation sites (N-methyl/N-ethyl adjacent to an activating group) is 1. The fourth-order valence-corrected chi connectivity index (χ4v) is 3.82.